The second kappa shape index (κ2) is 6.17. The van der Waals surface area contributed by atoms with E-state index in [1.165, 1.54) is 11.8 Å². The number of likely N-dealkylation sites (tertiary alicyclic amines) is 1. The third kappa shape index (κ3) is 3.02. The first kappa shape index (κ1) is 15.4. The van der Waals surface area contributed by atoms with E-state index in [4.69, 9.17) is 5.73 Å². The number of piperidine rings is 1. The zero-order valence-electron chi connectivity index (χ0n) is 11.8. The molecule has 0 aliphatic carbocycles. The fourth-order valence-electron chi connectivity index (χ4n) is 2.68. The number of aryl methyl sites for hydroxylation is 1. The average Bonchev–Trinajstić information content (AvgIpc) is 2.48. The van der Waals surface area contributed by atoms with E-state index in [9.17, 15) is 19.3 Å². The van der Waals surface area contributed by atoms with E-state index in [1.807, 2.05) is 0 Å². The Hall–Kier alpha value is -2.02. The number of nitrogens with zero attached hydrogens (tertiary/aromatic N) is 2. The number of carbonyl (C=O) groups is 1. The third-order valence-corrected chi connectivity index (χ3v) is 3.84. The lowest BCUT2D eigenvalue weighted by molar-refractivity contribution is -0.385. The number of rotatable bonds is 3. The highest BCUT2D eigenvalue weighted by atomic mass is 19.1. The van der Waals surface area contributed by atoms with Gasteiger partial charge in [-0.1, -0.05) is 0 Å². The molecule has 1 aromatic rings. The van der Waals surface area contributed by atoms with E-state index < -0.39 is 16.6 Å². The van der Waals surface area contributed by atoms with Gasteiger partial charge >= 0.3 is 0 Å². The Kier molecular flexibility index (Phi) is 4.52. The molecule has 2 rings (SSSR count). The van der Waals surface area contributed by atoms with Crippen molar-refractivity contribution in [2.24, 2.45) is 5.73 Å². The van der Waals surface area contributed by atoms with Crippen LogP contribution in [0.1, 0.15) is 35.2 Å². The first-order chi connectivity index (χ1) is 9.95. The van der Waals surface area contributed by atoms with Crippen LogP contribution in [0.5, 0.6) is 0 Å². The Labute approximate surface area is 121 Å². The van der Waals surface area contributed by atoms with Crippen molar-refractivity contribution in [1.82, 2.24) is 4.90 Å². The molecule has 1 fully saturated rings. The maximum atomic E-state index is 14.2. The standard InChI is InChI=1S/C14H18FN3O3/c1-9-6-11(18(20)21)7-12(13(9)15)14(19)17-5-3-2-4-10(17)8-16/h6-7,10H,2-5,8,16H2,1H3. The highest BCUT2D eigenvalue weighted by Crippen LogP contribution is 2.25. The van der Waals surface area contributed by atoms with E-state index in [1.54, 1.807) is 0 Å². The van der Waals surface area contributed by atoms with Crippen molar-refractivity contribution in [3.8, 4) is 0 Å². The molecule has 0 bridgehead atoms. The number of nitro groups is 1. The number of hydrogen-bond acceptors (Lipinski definition) is 4. The summed E-state index contributed by atoms with van der Waals surface area (Å²) in [4.78, 5) is 24.3. The molecule has 2 N–H and O–H groups in total. The quantitative estimate of drug-likeness (QED) is 0.682. The lowest BCUT2D eigenvalue weighted by Gasteiger charge is -2.35. The number of benzene rings is 1. The van der Waals surface area contributed by atoms with Gasteiger partial charge in [-0.25, -0.2) is 4.39 Å². The minimum Gasteiger partial charge on any atom is -0.334 e. The van der Waals surface area contributed by atoms with Gasteiger partial charge in [0.15, 0.2) is 0 Å². The summed E-state index contributed by atoms with van der Waals surface area (Å²) in [5.41, 5.74) is 5.22. The maximum Gasteiger partial charge on any atom is 0.270 e. The van der Waals surface area contributed by atoms with Gasteiger partial charge in [0.05, 0.1) is 10.5 Å². The Morgan fingerprint density at radius 1 is 1.52 bits per heavy atom. The Morgan fingerprint density at radius 2 is 2.24 bits per heavy atom. The molecule has 1 aliphatic heterocycles. The van der Waals surface area contributed by atoms with Crippen molar-refractivity contribution >= 4 is 11.6 Å². The predicted molar refractivity (Wildman–Crippen MR) is 75.5 cm³/mol. The van der Waals surface area contributed by atoms with Crippen LogP contribution in [0.3, 0.4) is 0 Å². The Morgan fingerprint density at radius 3 is 2.86 bits per heavy atom. The van der Waals surface area contributed by atoms with Crippen LogP contribution in [0.25, 0.3) is 0 Å². The molecule has 0 radical (unpaired) electrons. The molecule has 0 saturated carbocycles. The molecule has 1 atom stereocenters. The molecule has 114 valence electrons. The zero-order valence-corrected chi connectivity index (χ0v) is 11.8. The van der Waals surface area contributed by atoms with Gasteiger partial charge in [-0.05, 0) is 31.7 Å². The van der Waals surface area contributed by atoms with Crippen molar-refractivity contribution in [1.29, 1.82) is 0 Å². The number of carbonyl (C=O) groups excluding carboxylic acids is 1. The van der Waals surface area contributed by atoms with Crippen LogP contribution < -0.4 is 5.73 Å². The van der Waals surface area contributed by atoms with Crippen LogP contribution in [-0.2, 0) is 0 Å². The first-order valence-corrected chi connectivity index (χ1v) is 6.91. The summed E-state index contributed by atoms with van der Waals surface area (Å²) in [6.07, 6.45) is 2.58. The molecule has 1 amide bonds. The van der Waals surface area contributed by atoms with Crippen LogP contribution in [-0.4, -0.2) is 34.9 Å². The van der Waals surface area contributed by atoms with Gasteiger partial charge < -0.3 is 10.6 Å². The molecule has 0 aromatic heterocycles. The Balaban J connectivity index is 2.40. The van der Waals surface area contributed by atoms with Crippen molar-refractivity contribution in [2.45, 2.75) is 32.2 Å². The molecular formula is C14H18FN3O3. The van der Waals surface area contributed by atoms with E-state index >= 15 is 0 Å². The van der Waals surface area contributed by atoms with E-state index in [0.717, 1.165) is 31.4 Å². The molecular weight excluding hydrogens is 277 g/mol. The molecule has 7 heteroatoms. The van der Waals surface area contributed by atoms with Crippen LogP contribution in [0, 0.1) is 22.9 Å². The number of nitrogens with two attached hydrogens (primary N) is 1. The summed E-state index contributed by atoms with van der Waals surface area (Å²) < 4.78 is 14.2. The highest BCUT2D eigenvalue weighted by Gasteiger charge is 2.29. The normalized spacial score (nSPS) is 18.6. The second-order valence-corrected chi connectivity index (χ2v) is 5.27. The van der Waals surface area contributed by atoms with Crippen molar-refractivity contribution in [3.05, 3.63) is 39.2 Å². The van der Waals surface area contributed by atoms with Crippen LogP contribution in [0.4, 0.5) is 10.1 Å². The highest BCUT2D eigenvalue weighted by molar-refractivity contribution is 5.95. The van der Waals surface area contributed by atoms with Gasteiger partial charge in [-0.3, -0.25) is 14.9 Å². The monoisotopic (exact) mass is 295 g/mol. The summed E-state index contributed by atoms with van der Waals surface area (Å²) in [6, 6.07) is 2.00. The number of nitro benzene ring substituents is 1. The SMILES string of the molecule is Cc1cc([N+](=O)[O-])cc(C(=O)N2CCCCC2CN)c1F. The lowest BCUT2D eigenvalue weighted by Crippen LogP contribution is -2.47. The van der Waals surface area contributed by atoms with Crippen molar-refractivity contribution in [2.75, 3.05) is 13.1 Å². The molecule has 1 aliphatic rings. The third-order valence-electron chi connectivity index (χ3n) is 3.84. The predicted octanol–water partition coefficient (Wildman–Crippen LogP) is 2.00. The molecule has 1 saturated heterocycles. The fraction of sp³-hybridized carbons (Fsp3) is 0.500. The topological polar surface area (TPSA) is 89.5 Å². The number of hydrogen-bond donors (Lipinski definition) is 1. The van der Waals surface area contributed by atoms with Gasteiger partial charge in [0.2, 0.25) is 0 Å². The van der Waals surface area contributed by atoms with Gasteiger partial charge in [0.1, 0.15) is 5.82 Å². The van der Waals surface area contributed by atoms with Crippen LogP contribution in [0.15, 0.2) is 12.1 Å². The van der Waals surface area contributed by atoms with Gasteiger partial charge in [-0.15, -0.1) is 0 Å². The summed E-state index contributed by atoms with van der Waals surface area (Å²) in [6.45, 7) is 2.22. The minimum atomic E-state index is -0.702. The summed E-state index contributed by atoms with van der Waals surface area (Å²) in [5, 5.41) is 10.9. The molecule has 1 unspecified atom stereocenters. The maximum absolute atomic E-state index is 14.2. The van der Waals surface area contributed by atoms with Crippen LogP contribution >= 0.6 is 0 Å². The number of non-ortho nitro benzene ring substituents is 1. The summed E-state index contributed by atoms with van der Waals surface area (Å²) >= 11 is 0. The van der Waals surface area contributed by atoms with Crippen LogP contribution in [0.2, 0.25) is 0 Å². The van der Waals surface area contributed by atoms with Crippen molar-refractivity contribution in [3.63, 3.8) is 0 Å². The molecule has 1 aromatic carbocycles. The van der Waals surface area contributed by atoms with Crippen molar-refractivity contribution < 1.29 is 14.1 Å². The first-order valence-electron chi connectivity index (χ1n) is 6.91. The molecule has 1 heterocycles. The summed E-state index contributed by atoms with van der Waals surface area (Å²) in [5.74, 6) is -1.22. The van der Waals surface area contributed by atoms with E-state index in [0.29, 0.717) is 13.1 Å². The van der Waals surface area contributed by atoms with Gasteiger partial charge in [0, 0.05) is 31.3 Å². The van der Waals surface area contributed by atoms with Gasteiger partial charge in [-0.2, -0.15) is 0 Å². The second-order valence-electron chi connectivity index (χ2n) is 5.27. The minimum absolute atomic E-state index is 0.0915. The largest absolute Gasteiger partial charge is 0.334 e. The number of amides is 1. The number of halogens is 1. The molecule has 21 heavy (non-hydrogen) atoms. The molecule has 0 spiro atoms. The van der Waals surface area contributed by atoms with E-state index in [2.05, 4.69) is 0 Å². The lowest BCUT2D eigenvalue weighted by atomic mass is 10.00. The summed E-state index contributed by atoms with van der Waals surface area (Å²) in [7, 11) is 0. The average molecular weight is 295 g/mol. The molecule has 6 nitrogen and oxygen atoms in total. The smallest absolute Gasteiger partial charge is 0.270 e. The zero-order chi connectivity index (χ0) is 15.6. The van der Waals surface area contributed by atoms with E-state index in [-0.39, 0.29) is 22.9 Å². The fourth-order valence-corrected chi connectivity index (χ4v) is 2.68. The Bertz CT molecular complexity index is 577. The van der Waals surface area contributed by atoms with Gasteiger partial charge in [0.25, 0.3) is 11.6 Å².